The molecule has 0 bridgehead atoms. The smallest absolute Gasteiger partial charge is 0.294 e. The number of hydrogen-bond donors (Lipinski definition) is 0. The Kier molecular flexibility index (Phi) is 4.74. The molecular weight excluding hydrogens is 297 g/mol. The van der Waals surface area contributed by atoms with E-state index in [-0.39, 0.29) is 17.8 Å². The van der Waals surface area contributed by atoms with Crippen LogP contribution in [-0.4, -0.2) is 11.1 Å². The first-order valence-electron chi connectivity index (χ1n) is 5.19. The van der Waals surface area contributed by atoms with Crippen LogP contribution in [0.3, 0.4) is 0 Å². The van der Waals surface area contributed by atoms with Crippen molar-refractivity contribution < 1.29 is 18.0 Å². The van der Waals surface area contributed by atoms with Crippen LogP contribution in [-0.2, 0) is 12.6 Å². The lowest BCUT2D eigenvalue weighted by atomic mass is 9.97. The van der Waals surface area contributed by atoms with E-state index in [1.807, 2.05) is 6.92 Å². The highest BCUT2D eigenvalue weighted by Gasteiger charge is 2.31. The maximum Gasteiger partial charge on any atom is 0.416 e. The van der Waals surface area contributed by atoms with Crippen molar-refractivity contribution in [1.82, 2.24) is 0 Å². The summed E-state index contributed by atoms with van der Waals surface area (Å²) in [6, 6.07) is 3.35. The molecule has 17 heavy (non-hydrogen) atoms. The van der Waals surface area contributed by atoms with E-state index in [4.69, 9.17) is 0 Å². The van der Waals surface area contributed by atoms with Gasteiger partial charge in [0, 0.05) is 17.3 Å². The highest BCUT2D eigenvalue weighted by Crippen LogP contribution is 2.31. The fourth-order valence-electron chi connectivity index (χ4n) is 1.54. The Morgan fingerprint density at radius 3 is 2.47 bits per heavy atom. The number of aryl methyl sites for hydroxylation is 1. The molecule has 0 aromatic heterocycles. The maximum atomic E-state index is 12.5. The van der Waals surface area contributed by atoms with Crippen LogP contribution in [0.25, 0.3) is 0 Å². The predicted octanol–water partition coefficient (Wildman–Crippen LogP) is 4.24. The van der Waals surface area contributed by atoms with E-state index >= 15 is 0 Å². The molecule has 0 radical (unpaired) electrons. The number of carbonyl (C=O) groups excluding carboxylic acids is 1. The summed E-state index contributed by atoms with van der Waals surface area (Å²) in [7, 11) is 0. The van der Waals surface area contributed by atoms with Crippen molar-refractivity contribution in [2.24, 2.45) is 0 Å². The van der Waals surface area contributed by atoms with Gasteiger partial charge in [0.2, 0.25) is 0 Å². The molecule has 0 amide bonds. The van der Waals surface area contributed by atoms with Gasteiger partial charge in [0.25, 0.3) is 0 Å². The number of carbonyl (C=O) groups is 1. The lowest BCUT2D eigenvalue weighted by Crippen LogP contribution is -2.10. The second-order valence-corrected chi connectivity index (χ2v) is 4.38. The molecule has 1 aromatic rings. The normalized spacial score (nSPS) is 11.6. The largest absolute Gasteiger partial charge is 0.416 e. The molecule has 0 spiro atoms. The molecule has 0 N–H and O–H groups in total. The van der Waals surface area contributed by atoms with E-state index in [0.29, 0.717) is 17.3 Å². The molecule has 1 nitrogen and oxygen atoms in total. The molecule has 1 aromatic carbocycles. The van der Waals surface area contributed by atoms with Crippen LogP contribution in [0.5, 0.6) is 0 Å². The highest BCUT2D eigenvalue weighted by atomic mass is 79.9. The van der Waals surface area contributed by atoms with Crippen LogP contribution in [0.1, 0.15) is 34.8 Å². The Bertz CT molecular complexity index is 413. The summed E-state index contributed by atoms with van der Waals surface area (Å²) in [5, 5.41) is 0.450. The van der Waals surface area contributed by atoms with E-state index < -0.39 is 11.7 Å². The van der Waals surface area contributed by atoms with Gasteiger partial charge in [0.1, 0.15) is 0 Å². The molecule has 0 aliphatic carbocycles. The molecule has 0 heterocycles. The van der Waals surface area contributed by atoms with Gasteiger partial charge in [-0.05, 0) is 24.1 Å². The zero-order valence-electron chi connectivity index (χ0n) is 9.27. The zero-order valence-corrected chi connectivity index (χ0v) is 10.9. The third kappa shape index (κ3) is 3.56. The number of ketones is 1. The van der Waals surface area contributed by atoms with Crippen LogP contribution in [0.4, 0.5) is 13.2 Å². The number of alkyl halides is 4. The fraction of sp³-hybridized carbons (Fsp3) is 0.417. The number of halogens is 4. The Hall–Kier alpha value is -0.840. The number of rotatable bonds is 4. The fourth-order valence-corrected chi connectivity index (χ4v) is 1.90. The average molecular weight is 309 g/mol. The molecule has 0 aliphatic heterocycles. The van der Waals surface area contributed by atoms with Crippen LogP contribution in [0.15, 0.2) is 18.2 Å². The number of Topliss-reactive ketones (excluding diaryl/α,β-unsaturated/α-hetero) is 1. The molecule has 94 valence electrons. The molecule has 0 atom stereocenters. The second kappa shape index (κ2) is 5.67. The monoisotopic (exact) mass is 308 g/mol. The lowest BCUT2D eigenvalue weighted by molar-refractivity contribution is -0.137. The van der Waals surface area contributed by atoms with Gasteiger partial charge in [-0.3, -0.25) is 4.79 Å². The van der Waals surface area contributed by atoms with Crippen LogP contribution in [0, 0.1) is 0 Å². The minimum absolute atomic E-state index is 0.182. The molecule has 1 rings (SSSR count). The van der Waals surface area contributed by atoms with E-state index in [0.717, 1.165) is 12.1 Å². The third-order valence-corrected chi connectivity index (χ3v) is 2.84. The summed E-state index contributed by atoms with van der Waals surface area (Å²) >= 11 is 3.11. The van der Waals surface area contributed by atoms with Gasteiger partial charge in [-0.2, -0.15) is 13.2 Å². The quantitative estimate of drug-likeness (QED) is 0.601. The summed E-state index contributed by atoms with van der Waals surface area (Å²) < 4.78 is 37.6. The summed E-state index contributed by atoms with van der Waals surface area (Å²) in [5.41, 5.74) is 0.0679. The molecular formula is C12H12BrF3O. The lowest BCUT2D eigenvalue weighted by Gasteiger charge is -2.11. The van der Waals surface area contributed by atoms with Crippen molar-refractivity contribution in [3.05, 3.63) is 34.9 Å². The Balaban J connectivity index is 3.20. The predicted molar refractivity (Wildman–Crippen MR) is 63.6 cm³/mol. The standard InChI is InChI=1S/C12H12BrF3O/c1-2-8-3-4-9(12(14,15)16)7-10(8)11(17)5-6-13/h3-4,7H,2,5-6H2,1H3. The molecule has 0 saturated heterocycles. The van der Waals surface area contributed by atoms with Gasteiger partial charge in [-0.1, -0.05) is 28.9 Å². The molecule has 0 unspecified atom stereocenters. The first-order chi connectivity index (χ1) is 7.90. The van der Waals surface area contributed by atoms with Gasteiger partial charge in [0.15, 0.2) is 5.78 Å². The van der Waals surface area contributed by atoms with E-state index in [9.17, 15) is 18.0 Å². The van der Waals surface area contributed by atoms with Crippen LogP contribution >= 0.6 is 15.9 Å². The highest BCUT2D eigenvalue weighted by molar-refractivity contribution is 9.09. The molecule has 0 saturated carbocycles. The number of hydrogen-bond acceptors (Lipinski definition) is 1. The SMILES string of the molecule is CCc1ccc(C(F)(F)F)cc1C(=O)CCBr. The van der Waals surface area contributed by atoms with Crippen LogP contribution in [0.2, 0.25) is 0 Å². The van der Waals surface area contributed by atoms with Crippen molar-refractivity contribution >= 4 is 21.7 Å². The summed E-state index contributed by atoms with van der Waals surface area (Å²) in [5.74, 6) is -0.259. The van der Waals surface area contributed by atoms with Gasteiger partial charge < -0.3 is 0 Å². The van der Waals surface area contributed by atoms with Crippen LogP contribution < -0.4 is 0 Å². The van der Waals surface area contributed by atoms with Gasteiger partial charge >= 0.3 is 6.18 Å². The zero-order chi connectivity index (χ0) is 13.1. The van der Waals surface area contributed by atoms with Crippen molar-refractivity contribution in [2.75, 3.05) is 5.33 Å². The van der Waals surface area contributed by atoms with E-state index in [2.05, 4.69) is 15.9 Å². The van der Waals surface area contributed by atoms with Gasteiger partial charge in [-0.25, -0.2) is 0 Å². The molecule has 5 heteroatoms. The molecule has 0 aliphatic rings. The summed E-state index contributed by atoms with van der Waals surface area (Å²) in [6.45, 7) is 1.81. The minimum Gasteiger partial charge on any atom is -0.294 e. The Morgan fingerprint density at radius 1 is 1.35 bits per heavy atom. The first-order valence-corrected chi connectivity index (χ1v) is 6.31. The Morgan fingerprint density at radius 2 is 2.00 bits per heavy atom. The van der Waals surface area contributed by atoms with Crippen molar-refractivity contribution in [2.45, 2.75) is 25.9 Å². The van der Waals surface area contributed by atoms with E-state index in [1.165, 1.54) is 6.07 Å². The summed E-state index contributed by atoms with van der Waals surface area (Å²) in [4.78, 5) is 11.7. The minimum atomic E-state index is -4.41. The van der Waals surface area contributed by atoms with Crippen molar-refractivity contribution in [3.8, 4) is 0 Å². The number of benzene rings is 1. The molecule has 0 fully saturated rings. The van der Waals surface area contributed by atoms with Crippen molar-refractivity contribution in [1.29, 1.82) is 0 Å². The maximum absolute atomic E-state index is 12.5. The topological polar surface area (TPSA) is 17.1 Å². The van der Waals surface area contributed by atoms with Gasteiger partial charge in [0.05, 0.1) is 5.56 Å². The Labute approximate surface area is 106 Å². The average Bonchev–Trinajstić information content (AvgIpc) is 2.27. The van der Waals surface area contributed by atoms with Crippen molar-refractivity contribution in [3.63, 3.8) is 0 Å². The first kappa shape index (κ1) is 14.2. The third-order valence-electron chi connectivity index (χ3n) is 2.44. The van der Waals surface area contributed by atoms with Gasteiger partial charge in [-0.15, -0.1) is 0 Å². The van der Waals surface area contributed by atoms with E-state index in [1.54, 1.807) is 0 Å². The summed E-state index contributed by atoms with van der Waals surface area (Å²) in [6.07, 6.45) is -3.66. The second-order valence-electron chi connectivity index (χ2n) is 3.59.